The first-order chi connectivity index (χ1) is 14.5. The maximum absolute atomic E-state index is 10.2. The topological polar surface area (TPSA) is 107 Å². The predicted molar refractivity (Wildman–Crippen MR) is 112 cm³/mol. The first-order valence-corrected chi connectivity index (χ1v) is 9.57. The molecule has 0 saturated heterocycles. The van der Waals surface area contributed by atoms with Crippen LogP contribution in [0.3, 0.4) is 0 Å². The quantitative estimate of drug-likeness (QED) is 0.553. The SMILES string of the molecule is COc1ccc(-c2nc(OCC(O)COC(C)C)nc(-c3ccccc3O)n2)cc1. The molecule has 2 aromatic carbocycles. The van der Waals surface area contributed by atoms with Crippen LogP contribution in [0.4, 0.5) is 0 Å². The molecule has 0 spiro atoms. The second-order valence-corrected chi connectivity index (χ2v) is 6.86. The van der Waals surface area contributed by atoms with Crippen LogP contribution in [-0.2, 0) is 4.74 Å². The summed E-state index contributed by atoms with van der Waals surface area (Å²) >= 11 is 0. The molecule has 2 N–H and O–H groups in total. The standard InChI is InChI=1S/C22H25N3O5/c1-14(2)29-12-16(26)13-30-22-24-20(15-8-10-17(28-3)11-9-15)23-21(25-22)18-6-4-5-7-19(18)27/h4-11,14,16,26-27H,12-13H2,1-3H3. The molecule has 1 atom stereocenters. The van der Waals surface area contributed by atoms with Crippen LogP contribution in [0.5, 0.6) is 17.5 Å². The van der Waals surface area contributed by atoms with Crippen LogP contribution in [0.2, 0.25) is 0 Å². The highest BCUT2D eigenvalue weighted by Crippen LogP contribution is 2.29. The lowest BCUT2D eigenvalue weighted by Crippen LogP contribution is -2.25. The van der Waals surface area contributed by atoms with Crippen molar-refractivity contribution in [1.29, 1.82) is 0 Å². The van der Waals surface area contributed by atoms with E-state index in [4.69, 9.17) is 14.2 Å². The van der Waals surface area contributed by atoms with Crippen molar-refractivity contribution in [2.24, 2.45) is 0 Å². The molecular weight excluding hydrogens is 386 g/mol. The molecule has 1 unspecified atom stereocenters. The minimum absolute atomic E-state index is 0.00570. The molecule has 1 aromatic heterocycles. The van der Waals surface area contributed by atoms with Gasteiger partial charge in [-0.2, -0.15) is 9.97 Å². The van der Waals surface area contributed by atoms with Crippen molar-refractivity contribution >= 4 is 0 Å². The molecular formula is C22H25N3O5. The van der Waals surface area contributed by atoms with E-state index >= 15 is 0 Å². The van der Waals surface area contributed by atoms with Crippen molar-refractivity contribution in [3.8, 4) is 40.3 Å². The van der Waals surface area contributed by atoms with Gasteiger partial charge in [-0.3, -0.25) is 0 Å². The van der Waals surface area contributed by atoms with Crippen LogP contribution >= 0.6 is 0 Å². The van der Waals surface area contributed by atoms with Crippen molar-refractivity contribution in [1.82, 2.24) is 15.0 Å². The molecule has 30 heavy (non-hydrogen) atoms. The number of benzene rings is 2. The number of aliphatic hydroxyl groups excluding tert-OH is 1. The number of rotatable bonds is 9. The van der Waals surface area contributed by atoms with Crippen LogP contribution < -0.4 is 9.47 Å². The van der Waals surface area contributed by atoms with Gasteiger partial charge in [0.15, 0.2) is 11.6 Å². The van der Waals surface area contributed by atoms with Crippen LogP contribution in [0, 0.1) is 0 Å². The Balaban J connectivity index is 1.91. The van der Waals surface area contributed by atoms with E-state index in [0.29, 0.717) is 17.1 Å². The Hall–Kier alpha value is -3.23. The Labute approximate surface area is 175 Å². The molecule has 0 amide bonds. The van der Waals surface area contributed by atoms with E-state index in [1.54, 1.807) is 43.5 Å². The van der Waals surface area contributed by atoms with Gasteiger partial charge in [-0.25, -0.2) is 4.98 Å². The molecule has 0 fully saturated rings. The monoisotopic (exact) mass is 411 g/mol. The summed E-state index contributed by atoms with van der Waals surface area (Å²) in [5.74, 6) is 1.38. The molecule has 8 heteroatoms. The first kappa shape index (κ1) is 21.5. The van der Waals surface area contributed by atoms with Gasteiger partial charge < -0.3 is 24.4 Å². The molecule has 0 bridgehead atoms. The number of aliphatic hydroxyl groups is 1. The molecule has 158 valence electrons. The zero-order chi connectivity index (χ0) is 21.5. The van der Waals surface area contributed by atoms with Gasteiger partial charge in [-0.15, -0.1) is 0 Å². The number of para-hydroxylation sites is 1. The largest absolute Gasteiger partial charge is 0.507 e. The van der Waals surface area contributed by atoms with E-state index in [1.165, 1.54) is 0 Å². The minimum Gasteiger partial charge on any atom is -0.507 e. The van der Waals surface area contributed by atoms with Gasteiger partial charge >= 0.3 is 6.01 Å². The lowest BCUT2D eigenvalue weighted by atomic mass is 10.1. The summed E-state index contributed by atoms with van der Waals surface area (Å²) in [5.41, 5.74) is 1.17. The normalized spacial score (nSPS) is 12.0. The van der Waals surface area contributed by atoms with Gasteiger partial charge in [-0.05, 0) is 50.2 Å². The van der Waals surface area contributed by atoms with Gasteiger partial charge in [0.1, 0.15) is 24.2 Å². The number of phenols is 1. The van der Waals surface area contributed by atoms with E-state index in [2.05, 4.69) is 15.0 Å². The van der Waals surface area contributed by atoms with Crippen LogP contribution in [0.25, 0.3) is 22.8 Å². The van der Waals surface area contributed by atoms with Crippen LogP contribution in [0.15, 0.2) is 48.5 Å². The maximum atomic E-state index is 10.2. The van der Waals surface area contributed by atoms with Gasteiger partial charge in [-0.1, -0.05) is 12.1 Å². The van der Waals surface area contributed by atoms with Gasteiger partial charge in [0.2, 0.25) is 0 Å². The van der Waals surface area contributed by atoms with Crippen molar-refractivity contribution in [3.05, 3.63) is 48.5 Å². The van der Waals surface area contributed by atoms with Crippen molar-refractivity contribution in [3.63, 3.8) is 0 Å². The third-order valence-corrected chi connectivity index (χ3v) is 4.13. The number of ether oxygens (including phenoxy) is 3. The van der Waals surface area contributed by atoms with E-state index < -0.39 is 6.10 Å². The number of hydrogen-bond donors (Lipinski definition) is 2. The first-order valence-electron chi connectivity index (χ1n) is 9.57. The molecule has 0 saturated carbocycles. The summed E-state index contributed by atoms with van der Waals surface area (Å²) in [6, 6.07) is 14.0. The number of nitrogens with zero attached hydrogens (tertiary/aromatic N) is 3. The molecule has 1 heterocycles. The predicted octanol–water partition coefficient (Wildman–Crippen LogP) is 3.08. The summed E-state index contributed by atoms with van der Waals surface area (Å²) in [5, 5.41) is 20.3. The molecule has 0 aliphatic carbocycles. The van der Waals surface area contributed by atoms with E-state index in [9.17, 15) is 10.2 Å². The van der Waals surface area contributed by atoms with Gasteiger partial charge in [0.25, 0.3) is 0 Å². The summed E-state index contributed by atoms with van der Waals surface area (Å²) in [4.78, 5) is 13.2. The van der Waals surface area contributed by atoms with Crippen molar-refractivity contribution in [2.45, 2.75) is 26.1 Å². The minimum atomic E-state index is -0.831. The Bertz CT molecular complexity index is 963. The zero-order valence-corrected chi connectivity index (χ0v) is 17.1. The average molecular weight is 411 g/mol. The van der Waals surface area contributed by atoms with E-state index in [1.807, 2.05) is 26.0 Å². The molecule has 0 aliphatic rings. The van der Waals surface area contributed by atoms with Gasteiger partial charge in [0, 0.05) is 5.56 Å². The van der Waals surface area contributed by atoms with E-state index in [-0.39, 0.29) is 36.9 Å². The Morgan fingerprint density at radius 1 is 0.900 bits per heavy atom. The average Bonchev–Trinajstić information content (AvgIpc) is 2.76. The van der Waals surface area contributed by atoms with Crippen LogP contribution in [-0.4, -0.2) is 57.7 Å². The third-order valence-electron chi connectivity index (χ3n) is 4.13. The summed E-state index contributed by atoms with van der Waals surface area (Å²) in [6.45, 7) is 3.87. The third kappa shape index (κ3) is 5.65. The molecule has 0 radical (unpaired) electrons. The lowest BCUT2D eigenvalue weighted by Gasteiger charge is -2.14. The smallest absolute Gasteiger partial charge is 0.320 e. The second-order valence-electron chi connectivity index (χ2n) is 6.86. The fourth-order valence-corrected chi connectivity index (χ4v) is 2.60. The summed E-state index contributed by atoms with van der Waals surface area (Å²) < 4.78 is 16.2. The molecule has 3 rings (SSSR count). The highest BCUT2D eigenvalue weighted by atomic mass is 16.5. The fraction of sp³-hybridized carbons (Fsp3) is 0.318. The van der Waals surface area contributed by atoms with Gasteiger partial charge in [0.05, 0.1) is 25.4 Å². The Morgan fingerprint density at radius 3 is 2.27 bits per heavy atom. The summed E-state index contributed by atoms with van der Waals surface area (Å²) in [6.07, 6.45) is -0.826. The maximum Gasteiger partial charge on any atom is 0.320 e. The fourth-order valence-electron chi connectivity index (χ4n) is 2.60. The number of aromatic hydroxyl groups is 1. The summed E-state index contributed by atoms with van der Waals surface area (Å²) in [7, 11) is 1.59. The molecule has 8 nitrogen and oxygen atoms in total. The number of aromatic nitrogens is 3. The second kappa shape index (κ2) is 10.00. The van der Waals surface area contributed by atoms with Crippen molar-refractivity contribution < 1.29 is 24.4 Å². The van der Waals surface area contributed by atoms with Crippen LogP contribution in [0.1, 0.15) is 13.8 Å². The Kier molecular flexibility index (Phi) is 7.16. The number of hydrogen-bond acceptors (Lipinski definition) is 8. The van der Waals surface area contributed by atoms with E-state index in [0.717, 1.165) is 5.56 Å². The highest BCUT2D eigenvalue weighted by molar-refractivity contribution is 5.66. The van der Waals surface area contributed by atoms with Crippen molar-refractivity contribution in [2.75, 3.05) is 20.3 Å². The number of methoxy groups -OCH3 is 1. The lowest BCUT2D eigenvalue weighted by molar-refractivity contribution is -0.0136. The molecule has 3 aromatic rings. The Morgan fingerprint density at radius 2 is 1.60 bits per heavy atom. The highest BCUT2D eigenvalue weighted by Gasteiger charge is 2.15. The number of phenolic OH excluding ortho intramolecular Hbond substituents is 1. The zero-order valence-electron chi connectivity index (χ0n) is 17.1. The molecule has 0 aliphatic heterocycles.